The van der Waals surface area contributed by atoms with E-state index in [-0.39, 0.29) is 11.8 Å². The van der Waals surface area contributed by atoms with Crippen molar-refractivity contribution in [2.45, 2.75) is 39.7 Å². The zero-order chi connectivity index (χ0) is 21.4. The number of hydrogen-bond acceptors (Lipinski definition) is 5. The highest BCUT2D eigenvalue weighted by Crippen LogP contribution is 2.20. The lowest BCUT2D eigenvalue weighted by Crippen LogP contribution is -2.42. The number of carbonyl (C=O) groups excluding carboxylic acids is 2. The summed E-state index contributed by atoms with van der Waals surface area (Å²) in [4.78, 5) is 32.0. The summed E-state index contributed by atoms with van der Waals surface area (Å²) >= 11 is 0. The lowest BCUT2D eigenvalue weighted by Gasteiger charge is -2.30. The number of nitrogens with one attached hydrogen (secondary N) is 1. The number of piperidine rings is 1. The van der Waals surface area contributed by atoms with Gasteiger partial charge in [-0.2, -0.15) is 5.10 Å². The number of benzene rings is 1. The van der Waals surface area contributed by atoms with E-state index in [0.29, 0.717) is 47.7 Å². The van der Waals surface area contributed by atoms with Crippen LogP contribution in [0.3, 0.4) is 0 Å². The molecule has 1 saturated heterocycles. The molecule has 1 aliphatic heterocycles. The predicted octanol–water partition coefficient (Wildman–Crippen LogP) is 2.50. The number of likely N-dealkylation sites (tertiary alicyclic amines) is 1. The van der Waals surface area contributed by atoms with Gasteiger partial charge in [0.15, 0.2) is 5.65 Å². The van der Waals surface area contributed by atoms with Gasteiger partial charge in [-0.3, -0.25) is 9.59 Å². The third-order valence-corrected chi connectivity index (χ3v) is 5.35. The molecule has 2 N–H and O–H groups in total. The molecule has 4 rings (SSSR count). The van der Waals surface area contributed by atoms with E-state index >= 15 is 0 Å². The average Bonchev–Trinajstić information content (AvgIpc) is 3.04. The first-order valence-corrected chi connectivity index (χ1v) is 10.1. The average molecular weight is 407 g/mol. The summed E-state index contributed by atoms with van der Waals surface area (Å²) in [5.41, 5.74) is 4.22. The number of rotatable bonds is 3. The van der Waals surface area contributed by atoms with Gasteiger partial charge in [-0.25, -0.2) is 9.50 Å². The van der Waals surface area contributed by atoms with E-state index in [9.17, 15) is 14.7 Å². The standard InChI is InChI=1S/C22H25N5O3/c1-13-10-14(2)27-20(23-13)19(15(3)25-27)21(29)24-17-7-4-6-16(11-17)22(30)26-9-5-8-18(28)12-26/h4,6-7,10-11,18,28H,5,8-9,12H2,1-3H3,(H,24,29). The van der Waals surface area contributed by atoms with Crippen molar-refractivity contribution in [1.82, 2.24) is 19.5 Å². The highest BCUT2D eigenvalue weighted by atomic mass is 16.3. The highest BCUT2D eigenvalue weighted by molar-refractivity contribution is 6.09. The van der Waals surface area contributed by atoms with E-state index in [1.165, 1.54) is 0 Å². The number of hydrogen-bond donors (Lipinski definition) is 2. The Morgan fingerprint density at radius 3 is 2.77 bits per heavy atom. The Morgan fingerprint density at radius 2 is 2.00 bits per heavy atom. The predicted molar refractivity (Wildman–Crippen MR) is 113 cm³/mol. The second-order valence-corrected chi connectivity index (χ2v) is 7.82. The quantitative estimate of drug-likeness (QED) is 0.695. The molecule has 0 spiro atoms. The maximum Gasteiger partial charge on any atom is 0.261 e. The number of nitrogens with zero attached hydrogens (tertiary/aromatic N) is 4. The molecule has 2 amide bonds. The van der Waals surface area contributed by atoms with Gasteiger partial charge in [-0.1, -0.05) is 6.07 Å². The van der Waals surface area contributed by atoms with E-state index in [1.54, 1.807) is 40.6 Å². The van der Waals surface area contributed by atoms with E-state index in [4.69, 9.17) is 0 Å². The fourth-order valence-corrected chi connectivity index (χ4v) is 3.94. The molecular weight excluding hydrogens is 382 g/mol. The Labute approximate surface area is 174 Å². The molecule has 0 saturated carbocycles. The van der Waals surface area contributed by atoms with Crippen molar-refractivity contribution < 1.29 is 14.7 Å². The van der Waals surface area contributed by atoms with Crippen LogP contribution in [0.15, 0.2) is 30.3 Å². The van der Waals surface area contributed by atoms with E-state index in [1.807, 2.05) is 19.9 Å². The summed E-state index contributed by atoms with van der Waals surface area (Å²) in [6.45, 7) is 6.53. The molecule has 8 nitrogen and oxygen atoms in total. The number of aliphatic hydroxyl groups is 1. The first-order valence-electron chi connectivity index (χ1n) is 10.1. The summed E-state index contributed by atoms with van der Waals surface area (Å²) in [5.74, 6) is -0.470. The largest absolute Gasteiger partial charge is 0.391 e. The normalized spacial score (nSPS) is 16.7. The molecule has 1 aromatic carbocycles. The Hall–Kier alpha value is -3.26. The number of aliphatic hydroxyl groups excluding tert-OH is 1. The fourth-order valence-electron chi connectivity index (χ4n) is 3.94. The van der Waals surface area contributed by atoms with Crippen LogP contribution in [0.2, 0.25) is 0 Å². The Bertz CT molecular complexity index is 1140. The van der Waals surface area contributed by atoms with Gasteiger partial charge in [0, 0.05) is 35.7 Å². The summed E-state index contributed by atoms with van der Waals surface area (Å²) in [6, 6.07) is 8.76. The number of carbonyl (C=O) groups is 2. The molecule has 1 atom stereocenters. The van der Waals surface area contributed by atoms with Gasteiger partial charge in [-0.05, 0) is 57.9 Å². The van der Waals surface area contributed by atoms with Crippen LogP contribution in [0.1, 0.15) is 50.6 Å². The molecule has 0 bridgehead atoms. The highest BCUT2D eigenvalue weighted by Gasteiger charge is 2.24. The minimum absolute atomic E-state index is 0.148. The van der Waals surface area contributed by atoms with E-state index < -0.39 is 6.10 Å². The van der Waals surface area contributed by atoms with Crippen LogP contribution >= 0.6 is 0 Å². The summed E-state index contributed by atoms with van der Waals surface area (Å²) in [7, 11) is 0. The first-order chi connectivity index (χ1) is 14.3. The Kier molecular flexibility index (Phi) is 5.26. The molecule has 1 unspecified atom stereocenters. The van der Waals surface area contributed by atoms with Crippen LogP contribution in [0.5, 0.6) is 0 Å². The number of anilines is 1. The second kappa shape index (κ2) is 7.87. The molecule has 3 heterocycles. The van der Waals surface area contributed by atoms with Crippen LogP contribution in [0.4, 0.5) is 5.69 Å². The maximum atomic E-state index is 13.0. The van der Waals surface area contributed by atoms with Crippen molar-refractivity contribution in [3.8, 4) is 0 Å². The number of fused-ring (bicyclic) bond motifs is 1. The smallest absolute Gasteiger partial charge is 0.261 e. The zero-order valence-corrected chi connectivity index (χ0v) is 17.3. The van der Waals surface area contributed by atoms with Crippen LogP contribution in [-0.2, 0) is 0 Å². The Balaban J connectivity index is 1.59. The monoisotopic (exact) mass is 407 g/mol. The molecular formula is C22H25N5O3. The second-order valence-electron chi connectivity index (χ2n) is 7.82. The van der Waals surface area contributed by atoms with Crippen molar-refractivity contribution in [2.24, 2.45) is 0 Å². The van der Waals surface area contributed by atoms with Gasteiger partial charge in [-0.15, -0.1) is 0 Å². The molecule has 0 aliphatic carbocycles. The van der Waals surface area contributed by atoms with Gasteiger partial charge < -0.3 is 15.3 Å². The van der Waals surface area contributed by atoms with Crippen molar-refractivity contribution in [3.05, 3.63) is 58.5 Å². The lowest BCUT2D eigenvalue weighted by atomic mass is 10.1. The molecule has 1 fully saturated rings. The molecule has 156 valence electrons. The van der Waals surface area contributed by atoms with Crippen LogP contribution < -0.4 is 5.32 Å². The molecule has 1 aliphatic rings. The van der Waals surface area contributed by atoms with Crippen molar-refractivity contribution in [2.75, 3.05) is 18.4 Å². The van der Waals surface area contributed by atoms with E-state index in [2.05, 4.69) is 15.4 Å². The number of β-amino-alcohol motifs (C(OH)–C–C–N with tert-alkyl or cyclic N) is 1. The fraction of sp³-hybridized carbons (Fsp3) is 0.364. The van der Waals surface area contributed by atoms with E-state index in [0.717, 1.165) is 17.8 Å². The van der Waals surface area contributed by atoms with Crippen LogP contribution in [0.25, 0.3) is 5.65 Å². The molecule has 2 aromatic heterocycles. The van der Waals surface area contributed by atoms with Gasteiger partial charge >= 0.3 is 0 Å². The molecule has 30 heavy (non-hydrogen) atoms. The third kappa shape index (κ3) is 3.78. The lowest BCUT2D eigenvalue weighted by molar-refractivity contribution is 0.0474. The van der Waals surface area contributed by atoms with Gasteiger partial charge in [0.25, 0.3) is 11.8 Å². The van der Waals surface area contributed by atoms with Crippen molar-refractivity contribution >= 4 is 23.1 Å². The SMILES string of the molecule is Cc1cc(C)n2nc(C)c(C(=O)Nc3cccc(C(=O)N4CCCC(O)C4)c3)c2n1. The minimum atomic E-state index is -0.483. The summed E-state index contributed by atoms with van der Waals surface area (Å²) in [5, 5.41) is 17.2. The summed E-state index contributed by atoms with van der Waals surface area (Å²) in [6.07, 6.45) is 1.01. The Morgan fingerprint density at radius 1 is 1.20 bits per heavy atom. The van der Waals surface area contributed by atoms with Crippen molar-refractivity contribution in [3.63, 3.8) is 0 Å². The van der Waals surface area contributed by atoms with Crippen molar-refractivity contribution in [1.29, 1.82) is 0 Å². The van der Waals surface area contributed by atoms with Crippen LogP contribution in [0, 0.1) is 20.8 Å². The summed E-state index contributed by atoms with van der Waals surface area (Å²) < 4.78 is 1.67. The van der Waals surface area contributed by atoms with Gasteiger partial charge in [0.05, 0.1) is 11.8 Å². The molecule has 3 aromatic rings. The minimum Gasteiger partial charge on any atom is -0.391 e. The third-order valence-electron chi connectivity index (χ3n) is 5.35. The topological polar surface area (TPSA) is 99.8 Å². The van der Waals surface area contributed by atoms with Crippen LogP contribution in [-0.4, -0.2) is 55.6 Å². The number of aromatic nitrogens is 3. The molecule has 0 radical (unpaired) electrons. The van der Waals surface area contributed by atoms with Gasteiger partial charge in [0.2, 0.25) is 0 Å². The molecule has 8 heteroatoms. The number of amides is 2. The zero-order valence-electron chi connectivity index (χ0n) is 17.3. The first kappa shape index (κ1) is 20.0. The van der Waals surface area contributed by atoms with Gasteiger partial charge in [0.1, 0.15) is 5.56 Å². The number of aryl methyl sites for hydroxylation is 3. The maximum absolute atomic E-state index is 13.0.